The van der Waals surface area contributed by atoms with Gasteiger partial charge in [0.1, 0.15) is 0 Å². The molecule has 0 rings (SSSR count). The lowest BCUT2D eigenvalue weighted by Crippen LogP contribution is -1.74. The zero-order chi connectivity index (χ0) is 5.70. The molecule has 0 nitrogen and oxygen atoms in total. The predicted octanol–water partition coefficient (Wildman–Crippen LogP) is 2.53. The summed E-state index contributed by atoms with van der Waals surface area (Å²) < 4.78 is 0.428. The van der Waals surface area contributed by atoms with Gasteiger partial charge in [0.05, 0.1) is 4.58 Å². The molecule has 0 heterocycles. The van der Waals surface area contributed by atoms with Crippen LogP contribution in [0.4, 0.5) is 0 Å². The molecule has 44 valence electrons. The third-order valence-electron chi connectivity index (χ3n) is 0.260. The second-order valence-corrected chi connectivity index (χ2v) is 5.52. The van der Waals surface area contributed by atoms with E-state index in [-0.39, 0.29) is 0 Å². The van der Waals surface area contributed by atoms with E-state index in [9.17, 15) is 0 Å². The Morgan fingerprint density at radius 3 is 2.43 bits per heavy atom. The first kappa shape index (κ1) is 8.40. The van der Waals surface area contributed by atoms with Gasteiger partial charge in [0.15, 0.2) is 0 Å². The molecular formula is C3H8S4. The van der Waals surface area contributed by atoms with E-state index in [1.165, 1.54) is 0 Å². The average molecular weight is 172 g/mol. The van der Waals surface area contributed by atoms with E-state index in [1.54, 1.807) is 21.6 Å². The van der Waals surface area contributed by atoms with E-state index >= 15 is 0 Å². The van der Waals surface area contributed by atoms with Crippen molar-refractivity contribution in [3.05, 3.63) is 0 Å². The quantitative estimate of drug-likeness (QED) is 0.381. The van der Waals surface area contributed by atoms with Gasteiger partial charge in [-0.1, -0.05) is 21.6 Å². The molecule has 0 saturated carbocycles. The Bertz CT molecular complexity index is 35.9. The van der Waals surface area contributed by atoms with Crippen molar-refractivity contribution in [1.29, 1.82) is 0 Å². The summed E-state index contributed by atoms with van der Waals surface area (Å²) in [7, 11) is 3.46. The molecule has 0 saturated heterocycles. The lowest BCUT2D eigenvalue weighted by Gasteiger charge is -1.97. The molecule has 1 unspecified atom stereocenters. The minimum absolute atomic E-state index is 0.428. The fourth-order valence-corrected chi connectivity index (χ4v) is 2.26. The van der Waals surface area contributed by atoms with Gasteiger partial charge in [0, 0.05) is 5.08 Å². The van der Waals surface area contributed by atoms with Crippen LogP contribution in [0.25, 0.3) is 0 Å². The third kappa shape index (κ3) is 7.40. The van der Waals surface area contributed by atoms with E-state index in [0.29, 0.717) is 4.58 Å². The van der Waals surface area contributed by atoms with Gasteiger partial charge in [0.2, 0.25) is 0 Å². The van der Waals surface area contributed by atoms with Crippen LogP contribution in [0.1, 0.15) is 6.92 Å². The van der Waals surface area contributed by atoms with E-state index in [1.807, 2.05) is 6.92 Å². The van der Waals surface area contributed by atoms with Gasteiger partial charge in [-0.25, -0.2) is 0 Å². The van der Waals surface area contributed by atoms with Crippen molar-refractivity contribution in [3.63, 3.8) is 0 Å². The summed E-state index contributed by atoms with van der Waals surface area (Å²) in [6, 6.07) is 0. The molecule has 7 heavy (non-hydrogen) atoms. The third-order valence-corrected chi connectivity index (χ3v) is 4.06. The van der Waals surface area contributed by atoms with Crippen molar-refractivity contribution in [2.24, 2.45) is 0 Å². The first-order valence-corrected chi connectivity index (χ1v) is 5.37. The molecule has 0 aliphatic rings. The van der Waals surface area contributed by atoms with Crippen LogP contribution >= 0.6 is 46.8 Å². The Balaban J connectivity index is 2.68. The fraction of sp³-hybridized carbons (Fsp3) is 1.00. The highest BCUT2D eigenvalue weighted by atomic mass is 33.1. The molecule has 0 aromatic carbocycles. The highest BCUT2D eigenvalue weighted by Crippen LogP contribution is 2.28. The van der Waals surface area contributed by atoms with Crippen molar-refractivity contribution in [1.82, 2.24) is 0 Å². The van der Waals surface area contributed by atoms with Crippen molar-refractivity contribution in [2.45, 2.75) is 11.5 Å². The summed E-state index contributed by atoms with van der Waals surface area (Å²) in [5.74, 6) is 0. The second-order valence-electron chi connectivity index (χ2n) is 0.942. The van der Waals surface area contributed by atoms with E-state index in [4.69, 9.17) is 0 Å². The van der Waals surface area contributed by atoms with E-state index in [2.05, 4.69) is 25.3 Å². The molecule has 0 bridgehead atoms. The van der Waals surface area contributed by atoms with Crippen molar-refractivity contribution >= 4 is 46.8 Å². The van der Waals surface area contributed by atoms with Gasteiger partial charge in [-0.15, -0.1) is 0 Å². The molecule has 0 N–H and O–H groups in total. The van der Waals surface area contributed by atoms with Crippen molar-refractivity contribution < 1.29 is 0 Å². The van der Waals surface area contributed by atoms with Gasteiger partial charge in [-0.3, -0.25) is 0 Å². The molecule has 1 atom stereocenters. The highest BCUT2D eigenvalue weighted by Gasteiger charge is 1.90. The lowest BCUT2D eigenvalue weighted by molar-refractivity contribution is 1.45. The Morgan fingerprint density at radius 1 is 1.71 bits per heavy atom. The molecule has 4 heteroatoms. The van der Waals surface area contributed by atoms with Gasteiger partial charge < -0.3 is 0 Å². The SMILES string of the molecule is CC(S)SSCS. The van der Waals surface area contributed by atoms with Gasteiger partial charge >= 0.3 is 0 Å². The van der Waals surface area contributed by atoms with Crippen LogP contribution in [0.3, 0.4) is 0 Å². The standard InChI is InChI=1S/C3H8S4/c1-3(5)7-6-2-4/h3-5H,2H2,1H3. The molecule has 0 spiro atoms. The fourth-order valence-electron chi connectivity index (χ4n) is 0.129. The zero-order valence-corrected chi connectivity index (χ0v) is 7.42. The normalized spacial score (nSPS) is 14.1. The van der Waals surface area contributed by atoms with Gasteiger partial charge in [0.25, 0.3) is 0 Å². The summed E-state index contributed by atoms with van der Waals surface area (Å²) in [5, 5.41) is 0.871. The smallest absolute Gasteiger partial charge is 0.0548 e. The summed E-state index contributed by atoms with van der Waals surface area (Å²) in [5.41, 5.74) is 0. The van der Waals surface area contributed by atoms with Gasteiger partial charge in [-0.2, -0.15) is 25.3 Å². The zero-order valence-electron chi connectivity index (χ0n) is 4.00. The van der Waals surface area contributed by atoms with Gasteiger partial charge in [-0.05, 0) is 6.92 Å². The number of rotatable bonds is 3. The molecule has 0 aromatic heterocycles. The number of thiol groups is 2. The maximum absolute atomic E-state index is 4.14. The Kier molecular flexibility index (Phi) is 6.64. The molecule has 0 aliphatic heterocycles. The molecule has 0 aromatic rings. The molecule has 0 aliphatic carbocycles. The maximum atomic E-state index is 4.14. The summed E-state index contributed by atoms with van der Waals surface area (Å²) >= 11 is 8.14. The van der Waals surface area contributed by atoms with E-state index < -0.39 is 0 Å². The molecular weight excluding hydrogens is 164 g/mol. The van der Waals surface area contributed by atoms with Crippen LogP contribution in [0, 0.1) is 0 Å². The van der Waals surface area contributed by atoms with Crippen molar-refractivity contribution in [3.8, 4) is 0 Å². The van der Waals surface area contributed by atoms with Crippen molar-refractivity contribution in [2.75, 3.05) is 5.08 Å². The van der Waals surface area contributed by atoms with Crippen LogP contribution in [-0.2, 0) is 0 Å². The average Bonchev–Trinajstić information content (AvgIpc) is 1.61. The largest absolute Gasteiger partial charge is 0.167 e. The number of hydrogen-bond donors (Lipinski definition) is 2. The van der Waals surface area contributed by atoms with Crippen LogP contribution in [0.15, 0.2) is 0 Å². The summed E-state index contributed by atoms with van der Waals surface area (Å²) in [4.78, 5) is 0. The summed E-state index contributed by atoms with van der Waals surface area (Å²) in [6.07, 6.45) is 0. The van der Waals surface area contributed by atoms with Crippen LogP contribution in [0.2, 0.25) is 0 Å². The highest BCUT2D eigenvalue weighted by molar-refractivity contribution is 8.79. The Morgan fingerprint density at radius 2 is 2.29 bits per heavy atom. The number of hydrogen-bond acceptors (Lipinski definition) is 4. The first-order valence-electron chi connectivity index (χ1n) is 1.84. The molecule has 0 radical (unpaired) electrons. The monoisotopic (exact) mass is 172 g/mol. The molecule has 0 fully saturated rings. The second kappa shape index (κ2) is 5.54. The minimum Gasteiger partial charge on any atom is -0.167 e. The molecule has 0 amide bonds. The summed E-state index contributed by atoms with van der Waals surface area (Å²) in [6.45, 7) is 2.05. The van der Waals surface area contributed by atoms with Crippen LogP contribution in [-0.4, -0.2) is 9.67 Å². The minimum atomic E-state index is 0.428. The maximum Gasteiger partial charge on any atom is 0.0548 e. The van der Waals surface area contributed by atoms with Crippen LogP contribution in [0.5, 0.6) is 0 Å². The predicted molar refractivity (Wildman–Crippen MR) is 47.5 cm³/mol. The Labute approximate surface area is 63.4 Å². The van der Waals surface area contributed by atoms with E-state index in [0.717, 1.165) is 5.08 Å². The first-order chi connectivity index (χ1) is 3.27. The van der Waals surface area contributed by atoms with Crippen LogP contribution < -0.4 is 0 Å². The lowest BCUT2D eigenvalue weighted by atomic mass is 11.0. The topological polar surface area (TPSA) is 0 Å². The Hall–Kier alpha value is 1.40.